The molecular formula is C19H19Cl3N2O. The molecule has 0 unspecified atom stereocenters. The second-order valence-electron chi connectivity index (χ2n) is 6.22. The first kappa shape index (κ1) is 18.5. The highest BCUT2D eigenvalue weighted by Crippen LogP contribution is 2.33. The van der Waals surface area contributed by atoms with Gasteiger partial charge in [-0.3, -0.25) is 4.79 Å². The molecule has 132 valence electrons. The van der Waals surface area contributed by atoms with E-state index in [0.29, 0.717) is 20.6 Å². The van der Waals surface area contributed by atoms with E-state index in [2.05, 4.69) is 5.32 Å². The quantitative estimate of drug-likeness (QED) is 0.778. The third-order valence-electron chi connectivity index (χ3n) is 4.62. The SMILES string of the molecule is CN(C(=O)c1ccc(Cl)cc1-c1ccc(Cl)c(Cl)c1)C1CCNCC1. The van der Waals surface area contributed by atoms with Crippen LogP contribution < -0.4 is 5.32 Å². The minimum absolute atomic E-state index is 0.00959. The number of hydrogen-bond donors (Lipinski definition) is 1. The van der Waals surface area contributed by atoms with Crippen LogP contribution in [0.4, 0.5) is 0 Å². The third-order valence-corrected chi connectivity index (χ3v) is 5.59. The van der Waals surface area contributed by atoms with Crippen molar-refractivity contribution in [3.8, 4) is 11.1 Å². The van der Waals surface area contributed by atoms with Crippen LogP contribution in [0.2, 0.25) is 15.1 Å². The summed E-state index contributed by atoms with van der Waals surface area (Å²) >= 11 is 18.3. The van der Waals surface area contributed by atoms with Crippen LogP contribution in [-0.4, -0.2) is 37.0 Å². The van der Waals surface area contributed by atoms with E-state index in [4.69, 9.17) is 34.8 Å². The van der Waals surface area contributed by atoms with Crippen LogP contribution >= 0.6 is 34.8 Å². The molecule has 1 heterocycles. The maximum absolute atomic E-state index is 13.1. The number of benzene rings is 2. The van der Waals surface area contributed by atoms with E-state index in [1.54, 1.807) is 30.3 Å². The number of carbonyl (C=O) groups is 1. The predicted octanol–water partition coefficient (Wildman–Crippen LogP) is 5.14. The van der Waals surface area contributed by atoms with Gasteiger partial charge in [0.2, 0.25) is 0 Å². The molecule has 0 atom stereocenters. The van der Waals surface area contributed by atoms with Gasteiger partial charge in [0.1, 0.15) is 0 Å². The topological polar surface area (TPSA) is 32.3 Å². The molecule has 1 amide bonds. The van der Waals surface area contributed by atoms with E-state index in [0.717, 1.165) is 37.1 Å². The van der Waals surface area contributed by atoms with Gasteiger partial charge < -0.3 is 10.2 Å². The zero-order valence-corrected chi connectivity index (χ0v) is 16.1. The monoisotopic (exact) mass is 396 g/mol. The van der Waals surface area contributed by atoms with Gasteiger partial charge in [0.15, 0.2) is 0 Å². The number of nitrogens with one attached hydrogen (secondary N) is 1. The van der Waals surface area contributed by atoms with Crippen molar-refractivity contribution in [2.75, 3.05) is 20.1 Å². The van der Waals surface area contributed by atoms with Crippen LogP contribution in [-0.2, 0) is 0 Å². The van der Waals surface area contributed by atoms with E-state index < -0.39 is 0 Å². The highest BCUT2D eigenvalue weighted by molar-refractivity contribution is 6.42. The standard InChI is InChI=1S/C19H19Cl3N2O/c1-24(14-6-8-23-9-7-14)19(25)15-4-3-13(20)11-16(15)12-2-5-17(21)18(22)10-12/h2-5,10-11,14,23H,6-9H2,1H3. The van der Waals surface area contributed by atoms with Gasteiger partial charge >= 0.3 is 0 Å². The number of rotatable bonds is 3. The Morgan fingerprint density at radius 2 is 1.76 bits per heavy atom. The van der Waals surface area contributed by atoms with Crippen LogP contribution in [0.1, 0.15) is 23.2 Å². The molecule has 1 aliphatic heterocycles. The lowest BCUT2D eigenvalue weighted by atomic mass is 9.97. The van der Waals surface area contributed by atoms with Crippen molar-refractivity contribution in [2.45, 2.75) is 18.9 Å². The second-order valence-corrected chi connectivity index (χ2v) is 7.47. The van der Waals surface area contributed by atoms with Crippen molar-refractivity contribution in [1.82, 2.24) is 10.2 Å². The summed E-state index contributed by atoms with van der Waals surface area (Å²) in [5.41, 5.74) is 2.19. The van der Waals surface area contributed by atoms with Crippen LogP contribution in [0, 0.1) is 0 Å². The lowest BCUT2D eigenvalue weighted by Crippen LogP contribution is -2.44. The molecule has 25 heavy (non-hydrogen) atoms. The molecule has 3 nitrogen and oxygen atoms in total. The normalized spacial score (nSPS) is 15.2. The van der Waals surface area contributed by atoms with Gasteiger partial charge in [-0.25, -0.2) is 0 Å². The summed E-state index contributed by atoms with van der Waals surface area (Å²) in [7, 11) is 1.87. The van der Waals surface area contributed by atoms with Crippen molar-refractivity contribution < 1.29 is 4.79 Å². The fourth-order valence-electron chi connectivity index (χ4n) is 3.16. The minimum Gasteiger partial charge on any atom is -0.339 e. The molecular weight excluding hydrogens is 379 g/mol. The van der Waals surface area contributed by atoms with E-state index in [1.165, 1.54) is 0 Å². The lowest BCUT2D eigenvalue weighted by Gasteiger charge is -2.32. The molecule has 1 saturated heterocycles. The highest BCUT2D eigenvalue weighted by atomic mass is 35.5. The summed E-state index contributed by atoms with van der Waals surface area (Å²) in [5, 5.41) is 4.82. The Labute approximate surface area is 162 Å². The number of hydrogen-bond acceptors (Lipinski definition) is 2. The van der Waals surface area contributed by atoms with Gasteiger partial charge in [0, 0.05) is 23.7 Å². The molecule has 1 aliphatic rings. The summed E-state index contributed by atoms with van der Waals surface area (Å²) in [5.74, 6) is -0.00959. The van der Waals surface area contributed by atoms with Crippen molar-refractivity contribution in [3.63, 3.8) is 0 Å². The van der Waals surface area contributed by atoms with E-state index in [-0.39, 0.29) is 11.9 Å². The average molecular weight is 398 g/mol. The summed E-state index contributed by atoms with van der Waals surface area (Å²) < 4.78 is 0. The van der Waals surface area contributed by atoms with E-state index in [1.807, 2.05) is 18.0 Å². The van der Waals surface area contributed by atoms with Gasteiger partial charge in [-0.15, -0.1) is 0 Å². The molecule has 1 N–H and O–H groups in total. The number of carbonyl (C=O) groups excluding carboxylic acids is 1. The van der Waals surface area contributed by atoms with Crippen molar-refractivity contribution in [2.24, 2.45) is 0 Å². The van der Waals surface area contributed by atoms with Crippen LogP contribution in [0.15, 0.2) is 36.4 Å². The first-order chi connectivity index (χ1) is 12.0. The number of amides is 1. The largest absolute Gasteiger partial charge is 0.339 e. The van der Waals surface area contributed by atoms with Gasteiger partial charge in [-0.1, -0.05) is 40.9 Å². The zero-order chi connectivity index (χ0) is 18.0. The van der Waals surface area contributed by atoms with Crippen molar-refractivity contribution >= 4 is 40.7 Å². The Bertz CT molecular complexity index is 788. The van der Waals surface area contributed by atoms with Gasteiger partial charge in [0.25, 0.3) is 5.91 Å². The minimum atomic E-state index is -0.00959. The Balaban J connectivity index is 1.98. The Morgan fingerprint density at radius 1 is 1.04 bits per heavy atom. The molecule has 0 saturated carbocycles. The molecule has 2 aromatic rings. The van der Waals surface area contributed by atoms with Crippen molar-refractivity contribution in [1.29, 1.82) is 0 Å². The molecule has 0 radical (unpaired) electrons. The Hall–Kier alpha value is -1.26. The molecule has 0 bridgehead atoms. The highest BCUT2D eigenvalue weighted by Gasteiger charge is 2.25. The summed E-state index contributed by atoms with van der Waals surface area (Å²) in [4.78, 5) is 14.9. The van der Waals surface area contributed by atoms with E-state index >= 15 is 0 Å². The second kappa shape index (κ2) is 7.96. The number of halogens is 3. The summed E-state index contributed by atoms with van der Waals surface area (Å²) in [6.07, 6.45) is 1.91. The van der Waals surface area contributed by atoms with E-state index in [9.17, 15) is 4.79 Å². The lowest BCUT2D eigenvalue weighted by molar-refractivity contribution is 0.0704. The Kier molecular flexibility index (Phi) is 5.90. The Morgan fingerprint density at radius 3 is 2.44 bits per heavy atom. The van der Waals surface area contributed by atoms with Gasteiger partial charge in [-0.05, 0) is 67.4 Å². The van der Waals surface area contributed by atoms with Gasteiger partial charge in [-0.2, -0.15) is 0 Å². The molecule has 6 heteroatoms. The number of nitrogens with zero attached hydrogens (tertiary/aromatic N) is 1. The summed E-state index contributed by atoms with van der Waals surface area (Å²) in [6.45, 7) is 1.87. The molecule has 0 aliphatic carbocycles. The summed E-state index contributed by atoms with van der Waals surface area (Å²) in [6, 6.07) is 10.9. The van der Waals surface area contributed by atoms with Crippen LogP contribution in [0.5, 0.6) is 0 Å². The first-order valence-electron chi connectivity index (χ1n) is 8.20. The molecule has 0 spiro atoms. The maximum atomic E-state index is 13.1. The average Bonchev–Trinajstić information content (AvgIpc) is 2.63. The fraction of sp³-hybridized carbons (Fsp3) is 0.316. The van der Waals surface area contributed by atoms with Gasteiger partial charge in [0.05, 0.1) is 10.0 Å². The third kappa shape index (κ3) is 4.12. The van der Waals surface area contributed by atoms with Crippen molar-refractivity contribution in [3.05, 3.63) is 57.0 Å². The van der Waals surface area contributed by atoms with Crippen LogP contribution in [0.25, 0.3) is 11.1 Å². The molecule has 1 fully saturated rings. The number of piperidine rings is 1. The fourth-order valence-corrected chi connectivity index (χ4v) is 3.63. The molecule has 3 rings (SSSR count). The molecule has 2 aromatic carbocycles. The predicted molar refractivity (Wildman–Crippen MR) is 105 cm³/mol. The smallest absolute Gasteiger partial charge is 0.254 e. The maximum Gasteiger partial charge on any atom is 0.254 e. The zero-order valence-electron chi connectivity index (χ0n) is 13.9. The van der Waals surface area contributed by atoms with Crippen LogP contribution in [0.3, 0.4) is 0 Å². The first-order valence-corrected chi connectivity index (χ1v) is 9.33. The molecule has 0 aromatic heterocycles.